The van der Waals surface area contributed by atoms with Crippen LogP contribution < -0.4 is 10.6 Å². The normalized spacial score (nSPS) is 18.8. The molecule has 7 heteroatoms. The minimum atomic E-state index is -0.251. The lowest BCUT2D eigenvalue weighted by Crippen LogP contribution is -2.42. The van der Waals surface area contributed by atoms with E-state index in [2.05, 4.69) is 51.9 Å². The molecule has 1 saturated heterocycles. The summed E-state index contributed by atoms with van der Waals surface area (Å²) >= 11 is 0. The zero-order valence-electron chi connectivity index (χ0n) is 19.3. The molecule has 0 spiro atoms. The summed E-state index contributed by atoms with van der Waals surface area (Å²) in [5.74, 6) is 0.923. The molecule has 0 saturated carbocycles. The van der Waals surface area contributed by atoms with Gasteiger partial charge in [-0.25, -0.2) is 9.07 Å². The van der Waals surface area contributed by atoms with Gasteiger partial charge in [0.2, 0.25) is 0 Å². The van der Waals surface area contributed by atoms with Gasteiger partial charge in [-0.2, -0.15) is 5.10 Å². The lowest BCUT2D eigenvalue weighted by molar-refractivity contribution is -0.0265. The molecular weight excluding hydrogens is 417 g/mol. The highest BCUT2D eigenvalue weighted by atomic mass is 19.1. The van der Waals surface area contributed by atoms with Crippen LogP contribution in [0.2, 0.25) is 0 Å². The third-order valence-electron chi connectivity index (χ3n) is 6.02. The van der Waals surface area contributed by atoms with Crippen LogP contribution in [0.3, 0.4) is 0 Å². The number of aromatic nitrogens is 2. The smallest absolute Gasteiger partial charge is 0.191 e. The number of nitrogens with zero attached hydrogens (tertiary/aromatic N) is 3. The van der Waals surface area contributed by atoms with E-state index >= 15 is 0 Å². The van der Waals surface area contributed by atoms with E-state index in [0.29, 0.717) is 12.5 Å². The molecule has 3 aromatic rings. The van der Waals surface area contributed by atoms with Gasteiger partial charge in [-0.15, -0.1) is 0 Å². The summed E-state index contributed by atoms with van der Waals surface area (Å²) in [6.07, 6.45) is 4.97. The summed E-state index contributed by atoms with van der Waals surface area (Å²) in [4.78, 5) is 4.37. The first kappa shape index (κ1) is 23.0. The van der Waals surface area contributed by atoms with Crippen LogP contribution in [-0.4, -0.2) is 42.5 Å². The van der Waals surface area contributed by atoms with Crippen molar-refractivity contribution in [1.29, 1.82) is 0 Å². The minimum Gasteiger partial charge on any atom is -0.373 e. The van der Waals surface area contributed by atoms with Crippen molar-refractivity contribution in [3.05, 3.63) is 83.4 Å². The molecule has 174 valence electrons. The lowest BCUT2D eigenvalue weighted by atomic mass is 9.89. The maximum Gasteiger partial charge on any atom is 0.191 e. The maximum absolute atomic E-state index is 13.1. The molecule has 0 amide bonds. The molecule has 0 bridgehead atoms. The van der Waals surface area contributed by atoms with Crippen molar-refractivity contribution in [1.82, 2.24) is 20.4 Å². The van der Waals surface area contributed by atoms with Crippen molar-refractivity contribution >= 4 is 5.96 Å². The van der Waals surface area contributed by atoms with Gasteiger partial charge in [0, 0.05) is 45.3 Å². The zero-order chi connectivity index (χ0) is 23.0. The number of aliphatic imine (C=N–C) groups is 1. The fourth-order valence-electron chi connectivity index (χ4n) is 4.17. The van der Waals surface area contributed by atoms with E-state index in [1.165, 1.54) is 23.3 Å². The van der Waals surface area contributed by atoms with Gasteiger partial charge < -0.3 is 15.4 Å². The molecule has 6 nitrogen and oxygen atoms in total. The highest BCUT2D eigenvalue weighted by molar-refractivity contribution is 5.79. The summed E-state index contributed by atoms with van der Waals surface area (Å²) in [6, 6.07) is 16.9. The molecule has 0 aliphatic carbocycles. The van der Waals surface area contributed by atoms with Crippen molar-refractivity contribution in [2.75, 3.05) is 26.7 Å². The Morgan fingerprint density at radius 2 is 1.91 bits per heavy atom. The largest absolute Gasteiger partial charge is 0.373 e. The quantitative estimate of drug-likeness (QED) is 0.419. The van der Waals surface area contributed by atoms with Gasteiger partial charge in [-0.05, 0) is 55.7 Å². The summed E-state index contributed by atoms with van der Waals surface area (Å²) in [5, 5.41) is 11.4. The first-order valence-electron chi connectivity index (χ1n) is 11.6. The Hall–Kier alpha value is -3.19. The van der Waals surface area contributed by atoms with Crippen LogP contribution >= 0.6 is 0 Å². The number of benzene rings is 2. The van der Waals surface area contributed by atoms with Gasteiger partial charge >= 0.3 is 0 Å². The number of hydrogen-bond acceptors (Lipinski definition) is 3. The third-order valence-corrected chi connectivity index (χ3v) is 6.02. The van der Waals surface area contributed by atoms with E-state index in [1.807, 2.05) is 12.3 Å². The predicted octanol–water partition coefficient (Wildman–Crippen LogP) is 4.20. The van der Waals surface area contributed by atoms with Gasteiger partial charge in [0.05, 0.1) is 17.5 Å². The molecule has 1 fully saturated rings. The standard InChI is InChI=1S/C26H32FN5O/c1-19-5-7-20(8-6-19)25-21(4-3-17-33-25)18-30-26(28-2)29-15-13-23-14-16-32(31-23)24-11-9-22(27)10-12-24/h5-12,14,16,21,25H,3-4,13,15,17-18H2,1-2H3,(H2,28,29,30). The van der Waals surface area contributed by atoms with E-state index in [4.69, 9.17) is 4.74 Å². The van der Waals surface area contributed by atoms with Crippen molar-refractivity contribution in [3.8, 4) is 5.69 Å². The first-order valence-corrected chi connectivity index (χ1v) is 11.6. The summed E-state index contributed by atoms with van der Waals surface area (Å²) in [6.45, 7) is 4.43. The van der Waals surface area contributed by atoms with Gasteiger partial charge in [-0.3, -0.25) is 4.99 Å². The van der Waals surface area contributed by atoms with E-state index in [0.717, 1.165) is 49.8 Å². The van der Waals surface area contributed by atoms with Crippen LogP contribution in [0.5, 0.6) is 0 Å². The minimum absolute atomic E-state index is 0.111. The van der Waals surface area contributed by atoms with Crippen molar-refractivity contribution in [2.24, 2.45) is 10.9 Å². The second-order valence-corrected chi connectivity index (χ2v) is 8.46. The average Bonchev–Trinajstić information content (AvgIpc) is 3.31. The number of aryl methyl sites for hydroxylation is 1. The van der Waals surface area contributed by atoms with Crippen LogP contribution in [0.15, 0.2) is 65.8 Å². The Morgan fingerprint density at radius 1 is 1.12 bits per heavy atom. The molecule has 1 aliphatic heterocycles. The number of nitrogens with one attached hydrogen (secondary N) is 2. The van der Waals surface area contributed by atoms with E-state index in [9.17, 15) is 4.39 Å². The molecule has 2 N–H and O–H groups in total. The molecule has 0 radical (unpaired) electrons. The molecule has 4 rings (SSSR count). The van der Waals surface area contributed by atoms with E-state index in [-0.39, 0.29) is 11.9 Å². The molecule has 2 aromatic carbocycles. The Morgan fingerprint density at radius 3 is 2.67 bits per heavy atom. The van der Waals surface area contributed by atoms with Crippen LogP contribution in [0.25, 0.3) is 5.69 Å². The van der Waals surface area contributed by atoms with E-state index in [1.54, 1.807) is 23.9 Å². The number of ether oxygens (including phenoxy) is 1. The zero-order valence-corrected chi connectivity index (χ0v) is 19.3. The Bertz CT molecular complexity index is 1050. The van der Waals surface area contributed by atoms with Crippen LogP contribution in [0.1, 0.15) is 35.8 Å². The summed E-state index contributed by atoms with van der Waals surface area (Å²) in [5.41, 5.74) is 4.30. The Balaban J connectivity index is 1.26. The fourth-order valence-corrected chi connectivity index (χ4v) is 4.17. The Labute approximate surface area is 194 Å². The van der Waals surface area contributed by atoms with Crippen LogP contribution in [-0.2, 0) is 11.2 Å². The van der Waals surface area contributed by atoms with Gasteiger partial charge in [-0.1, -0.05) is 29.8 Å². The number of halogens is 1. The predicted molar refractivity (Wildman–Crippen MR) is 129 cm³/mol. The highest BCUT2D eigenvalue weighted by Gasteiger charge is 2.27. The number of guanidine groups is 1. The molecule has 1 aromatic heterocycles. The topological polar surface area (TPSA) is 63.5 Å². The second kappa shape index (κ2) is 11.1. The third kappa shape index (κ3) is 6.20. The molecule has 33 heavy (non-hydrogen) atoms. The maximum atomic E-state index is 13.1. The van der Waals surface area contributed by atoms with Gasteiger partial charge in [0.15, 0.2) is 5.96 Å². The SMILES string of the molecule is CN=C(NCCc1ccn(-c2ccc(F)cc2)n1)NCC1CCCOC1c1ccc(C)cc1. The lowest BCUT2D eigenvalue weighted by Gasteiger charge is -2.32. The van der Waals surface area contributed by atoms with Crippen LogP contribution in [0.4, 0.5) is 4.39 Å². The van der Waals surface area contributed by atoms with Crippen molar-refractivity contribution in [2.45, 2.75) is 32.3 Å². The van der Waals surface area contributed by atoms with Crippen molar-refractivity contribution < 1.29 is 9.13 Å². The van der Waals surface area contributed by atoms with Crippen molar-refractivity contribution in [3.63, 3.8) is 0 Å². The second-order valence-electron chi connectivity index (χ2n) is 8.46. The molecular formula is C26H32FN5O. The first-order chi connectivity index (χ1) is 16.1. The number of hydrogen-bond donors (Lipinski definition) is 2. The monoisotopic (exact) mass is 449 g/mol. The fraction of sp³-hybridized carbons (Fsp3) is 0.385. The molecule has 2 unspecified atom stereocenters. The Kier molecular flexibility index (Phi) is 7.73. The summed E-state index contributed by atoms with van der Waals surface area (Å²) in [7, 11) is 1.79. The summed E-state index contributed by atoms with van der Waals surface area (Å²) < 4.78 is 21.0. The molecule has 2 heterocycles. The molecule has 1 aliphatic rings. The highest BCUT2D eigenvalue weighted by Crippen LogP contribution is 2.33. The van der Waals surface area contributed by atoms with E-state index < -0.39 is 0 Å². The molecule has 2 atom stereocenters. The van der Waals surface area contributed by atoms with Crippen LogP contribution in [0, 0.1) is 18.7 Å². The average molecular weight is 450 g/mol. The van der Waals surface area contributed by atoms with Gasteiger partial charge in [0.1, 0.15) is 5.82 Å². The number of rotatable bonds is 7. The van der Waals surface area contributed by atoms with Gasteiger partial charge in [0.25, 0.3) is 0 Å².